The first kappa shape index (κ1) is 112. The Morgan fingerprint density at radius 2 is 0.500 bits per heavy atom. The molecule has 0 amide bonds. The summed E-state index contributed by atoms with van der Waals surface area (Å²) in [5.41, 5.74) is 42.4. The van der Waals surface area contributed by atoms with Crippen LogP contribution in [0.1, 0.15) is 511 Å². The van der Waals surface area contributed by atoms with Crippen molar-refractivity contribution in [2.75, 3.05) is 0 Å². The zero-order valence-corrected chi connectivity index (χ0v) is 80.9. The fraction of sp³-hybridized carbons (Fsp3) is 0.679. The number of aryl methyl sites for hydroxylation is 4. The molecule has 2 heterocycles. The maximum absolute atomic E-state index is 11.9. The minimum Gasteiger partial charge on any atom is -0.493 e. The molecule has 4 aromatic rings. The summed E-state index contributed by atoms with van der Waals surface area (Å²) in [6.07, 6.45) is 93.1. The molecule has 0 saturated heterocycles. The van der Waals surface area contributed by atoms with Crippen LogP contribution < -0.4 is 0 Å². The number of allylic oxidation sites excluding steroid dienone is 6. The minimum atomic E-state index is 0. The Kier molecular flexibility index (Phi) is 74.6. The van der Waals surface area contributed by atoms with Crippen molar-refractivity contribution in [2.45, 2.75) is 493 Å². The van der Waals surface area contributed by atoms with Crippen LogP contribution >= 0.6 is 0 Å². The van der Waals surface area contributed by atoms with Crippen LogP contribution in [-0.2, 0) is 45.8 Å². The Hall–Kier alpha value is -4.23. The topological polar surface area (TPSA) is 50.6 Å². The van der Waals surface area contributed by atoms with Crippen molar-refractivity contribution in [1.29, 1.82) is 0 Å². The molecule has 118 heavy (non-hydrogen) atoms. The van der Waals surface area contributed by atoms with E-state index in [1.807, 2.05) is 0 Å². The molecular weight excluding hydrogens is 1520 g/mol. The van der Waals surface area contributed by atoms with Crippen LogP contribution in [0.15, 0.2) is 132 Å². The molecule has 4 aromatic carbocycles. The van der Waals surface area contributed by atoms with Gasteiger partial charge in [-0.1, -0.05) is 461 Å². The molecule has 0 fully saturated rings. The van der Waals surface area contributed by atoms with Gasteiger partial charge >= 0.3 is 16.5 Å². The molecule has 0 atom stereocenters. The second-order valence-corrected chi connectivity index (χ2v) is 35.3. The predicted octanol–water partition coefficient (Wildman–Crippen LogP) is 38.7. The number of benzene rings is 4. The third-order valence-corrected chi connectivity index (χ3v) is 24.3. The molecule has 0 spiro atoms. The number of nitrogens with zero attached hydrogens (tertiary/aromatic N) is 4. The predicted molar refractivity (Wildman–Crippen MR) is 518 cm³/mol. The molecule has 0 aliphatic carbocycles. The molecule has 0 aromatic heterocycles. The monoisotopic (exact) mass is 1700 g/mol. The molecule has 0 N–H and O–H groups in total. The average Bonchev–Trinajstić information content (AvgIpc) is 1.61. The molecule has 2 aliphatic rings. The molecule has 4 nitrogen and oxygen atoms in total. The summed E-state index contributed by atoms with van der Waals surface area (Å²) < 4.78 is 3.04. The van der Waals surface area contributed by atoms with E-state index in [1.54, 1.807) is 4.70 Å². The Bertz CT molecular complexity index is 3190. The van der Waals surface area contributed by atoms with E-state index < -0.39 is 0 Å². The van der Waals surface area contributed by atoms with Gasteiger partial charge < -0.3 is 24.9 Å². The molecule has 0 bridgehead atoms. The van der Waals surface area contributed by atoms with E-state index in [9.17, 15) is 11.1 Å². The zero-order chi connectivity index (χ0) is 83.8. The van der Waals surface area contributed by atoms with Crippen LogP contribution in [0.4, 0.5) is 0 Å². The largest absolute Gasteiger partial charge is 2.00 e. The molecular formula is C112H184N4Ni2. The van der Waals surface area contributed by atoms with E-state index in [1.165, 1.54) is 396 Å². The van der Waals surface area contributed by atoms with Gasteiger partial charge in [-0.25, -0.2) is 9.39 Å². The summed E-state index contributed by atoms with van der Waals surface area (Å²) in [6.45, 7) is 30.2. The SMILES string of the molecule is CCCCCCCCC1=C(c2cccc(CCCC)c2)[N+](=[N-])C(c2cccc(CCCC)c2)=C1CCCC.CCCCCCCCCCCCCCCCCCC=CC1=C(c2cccc(C)c2)[N+](=[N-])C(c2cccc(C)c2)=C1CCCC.[CH2-]CCCCCCCCCCCCCCCC.[CH2-]CCCCCCCCCCCCCCCC.[Ni+2].[Ni]. The molecule has 0 saturated carbocycles. The van der Waals surface area contributed by atoms with Gasteiger partial charge in [-0.2, -0.15) is 12.8 Å². The molecule has 6 rings (SSSR count). The fourth-order valence-corrected chi connectivity index (χ4v) is 17.1. The Morgan fingerprint density at radius 1 is 0.263 bits per heavy atom. The van der Waals surface area contributed by atoms with Crippen molar-refractivity contribution in [2.24, 2.45) is 0 Å². The van der Waals surface area contributed by atoms with E-state index >= 15 is 0 Å². The number of rotatable bonds is 69. The van der Waals surface area contributed by atoms with Gasteiger partial charge in [0.1, 0.15) is 0 Å². The van der Waals surface area contributed by atoms with Gasteiger partial charge in [0.25, 0.3) is 0 Å². The van der Waals surface area contributed by atoms with Crippen LogP contribution in [0.25, 0.3) is 33.9 Å². The van der Waals surface area contributed by atoms with E-state index in [2.05, 4.69) is 192 Å². The van der Waals surface area contributed by atoms with Crippen molar-refractivity contribution in [3.05, 3.63) is 201 Å². The third kappa shape index (κ3) is 51.1. The van der Waals surface area contributed by atoms with E-state index in [-0.39, 0.29) is 33.0 Å². The zero-order valence-electron chi connectivity index (χ0n) is 78.9. The number of hydrogen-bond donors (Lipinski definition) is 0. The first-order valence-electron chi connectivity index (χ1n) is 50.5. The summed E-state index contributed by atoms with van der Waals surface area (Å²) >= 11 is 0. The Balaban J connectivity index is 0.000000849. The molecule has 0 radical (unpaired) electrons. The summed E-state index contributed by atoms with van der Waals surface area (Å²) in [5.74, 6) is 0. The standard InChI is InChI=1S/C42H62N2.C36H52N2.2C17H35.2Ni/c1-5-7-9-10-11-12-13-14-15-16-17-18-19-20-21-22-23-24-32-40-39(31-8-6-2)41(37-29-25-27-35(3)33-37)44(43)42(40)38-30-26-28-36(4)34-38;1-5-9-13-14-15-16-26-34-33(25-12-8-4)35(31-23-17-21-29(27-31)19-10-6-2)38(37)36(34)32-24-18-22-30(28-32)20-11-7-3;2*1-3-5-7-9-11-13-15-17-16-14-12-10-8-6-4-2;;/h24-30,32-34H,5-23,31H2,1-4H3;17-18,21-24,27-28H,5-16,19-20,25-26H2,1-4H3;2*1,3-17H2,2H3;;/q;;2*-1;;+2. The van der Waals surface area contributed by atoms with Crippen LogP contribution in [0.5, 0.6) is 0 Å². The van der Waals surface area contributed by atoms with Crippen LogP contribution in [-0.4, -0.2) is 9.39 Å². The van der Waals surface area contributed by atoms with Crippen molar-refractivity contribution in [1.82, 2.24) is 0 Å². The summed E-state index contributed by atoms with van der Waals surface area (Å²) in [6, 6.07) is 35.0. The van der Waals surface area contributed by atoms with Gasteiger partial charge in [-0.15, -0.1) is 0 Å². The van der Waals surface area contributed by atoms with E-state index in [0.29, 0.717) is 0 Å². The Morgan fingerprint density at radius 3 is 0.814 bits per heavy atom. The smallest absolute Gasteiger partial charge is 0.493 e. The van der Waals surface area contributed by atoms with Crippen LogP contribution in [0, 0.1) is 27.7 Å². The van der Waals surface area contributed by atoms with Crippen molar-refractivity contribution in [3.8, 4) is 0 Å². The number of hydrogen-bond acceptors (Lipinski definition) is 0. The Labute approximate surface area is 753 Å². The first-order valence-corrected chi connectivity index (χ1v) is 50.5. The summed E-state index contributed by atoms with van der Waals surface area (Å²) in [7, 11) is 0. The van der Waals surface area contributed by atoms with Gasteiger partial charge in [-0.3, -0.25) is 0 Å². The second-order valence-electron chi connectivity index (χ2n) is 35.3. The van der Waals surface area contributed by atoms with E-state index in [4.69, 9.17) is 0 Å². The molecule has 0 unspecified atom stereocenters. The normalized spacial score (nSPS) is 12.7. The van der Waals surface area contributed by atoms with Gasteiger partial charge in [-0.05, 0) is 151 Å². The minimum absolute atomic E-state index is 0. The first-order chi connectivity index (χ1) is 57.0. The van der Waals surface area contributed by atoms with Crippen molar-refractivity contribution in [3.63, 3.8) is 0 Å². The van der Waals surface area contributed by atoms with Crippen molar-refractivity contribution < 1.29 is 42.4 Å². The maximum Gasteiger partial charge on any atom is 2.00 e. The molecule has 2 aliphatic heterocycles. The summed E-state index contributed by atoms with van der Waals surface area (Å²) in [5, 5.41) is 0. The van der Waals surface area contributed by atoms with Gasteiger partial charge in [0.2, 0.25) is 22.8 Å². The van der Waals surface area contributed by atoms with Gasteiger partial charge in [0.05, 0.1) is 5.57 Å². The summed E-state index contributed by atoms with van der Waals surface area (Å²) in [4.78, 5) is 0. The van der Waals surface area contributed by atoms with Gasteiger partial charge in [0.15, 0.2) is 0 Å². The number of unbranched alkanes of at least 4 members (excludes halogenated alkanes) is 53. The van der Waals surface area contributed by atoms with Crippen LogP contribution in [0.2, 0.25) is 0 Å². The molecule has 6 heteroatoms. The van der Waals surface area contributed by atoms with Crippen molar-refractivity contribution >= 4 is 22.8 Å². The molecule has 672 valence electrons. The fourth-order valence-electron chi connectivity index (χ4n) is 17.1. The third-order valence-electron chi connectivity index (χ3n) is 24.3. The van der Waals surface area contributed by atoms with E-state index in [0.717, 1.165) is 122 Å². The maximum atomic E-state index is 11.9. The second kappa shape index (κ2) is 78.7. The van der Waals surface area contributed by atoms with Crippen LogP contribution in [0.3, 0.4) is 0 Å². The van der Waals surface area contributed by atoms with Gasteiger partial charge in [0, 0.05) is 55.5 Å². The quantitative estimate of drug-likeness (QED) is 0.0183. The average molecular weight is 1700 g/mol.